The van der Waals surface area contributed by atoms with Crippen molar-refractivity contribution in [3.8, 4) is 0 Å². The number of fused-ring (bicyclic) bond motifs is 1. The molecule has 5 nitrogen and oxygen atoms in total. The van der Waals surface area contributed by atoms with E-state index in [2.05, 4.69) is 53.9 Å². The zero-order valence-corrected chi connectivity index (χ0v) is 16.4. The van der Waals surface area contributed by atoms with Gasteiger partial charge in [-0.05, 0) is 52.9 Å². The van der Waals surface area contributed by atoms with E-state index in [1.54, 1.807) is 11.3 Å². The Morgan fingerprint density at radius 2 is 2.00 bits per heavy atom. The lowest BCUT2D eigenvalue weighted by molar-refractivity contribution is -0.126. The first-order valence-electron chi connectivity index (χ1n) is 9.41. The standard InChI is InChI=1S/C22H23NO4S/c1-13-2-4-14(5-3-13)8-16-12-28-21-7-6-15(9-17(16)21)19-10-18(25)22(23-26)20(11-24)27-19/h2-7,9,12,18-20,22,24-25H,8,10-11H2,1H3/t18?,19?,20?,22-/m0/s1. The maximum atomic E-state index is 11.0. The summed E-state index contributed by atoms with van der Waals surface area (Å²) in [6.45, 7) is 1.74. The molecule has 1 aliphatic heterocycles. The van der Waals surface area contributed by atoms with Gasteiger partial charge in [-0.1, -0.05) is 41.1 Å². The predicted molar refractivity (Wildman–Crippen MR) is 111 cm³/mol. The van der Waals surface area contributed by atoms with Crippen LogP contribution in [0.25, 0.3) is 10.1 Å². The van der Waals surface area contributed by atoms with Gasteiger partial charge < -0.3 is 14.9 Å². The van der Waals surface area contributed by atoms with Crippen molar-refractivity contribution >= 4 is 21.4 Å². The highest BCUT2D eigenvalue weighted by Crippen LogP contribution is 2.36. The highest BCUT2D eigenvalue weighted by Gasteiger charge is 2.39. The van der Waals surface area contributed by atoms with Crippen molar-refractivity contribution in [2.24, 2.45) is 5.18 Å². The minimum atomic E-state index is -0.928. The Balaban J connectivity index is 1.62. The normalized spacial score (nSPS) is 25.1. The number of thiophene rings is 1. The van der Waals surface area contributed by atoms with Crippen LogP contribution in [0.4, 0.5) is 0 Å². The van der Waals surface area contributed by atoms with Gasteiger partial charge in [-0.3, -0.25) is 0 Å². The first-order chi connectivity index (χ1) is 13.6. The van der Waals surface area contributed by atoms with Crippen LogP contribution in [0.5, 0.6) is 0 Å². The van der Waals surface area contributed by atoms with Crippen LogP contribution < -0.4 is 0 Å². The van der Waals surface area contributed by atoms with Gasteiger partial charge in [0.1, 0.15) is 12.1 Å². The van der Waals surface area contributed by atoms with Gasteiger partial charge in [0.25, 0.3) is 0 Å². The highest BCUT2D eigenvalue weighted by molar-refractivity contribution is 7.17. The van der Waals surface area contributed by atoms with Gasteiger partial charge in [-0.15, -0.1) is 11.3 Å². The Bertz CT molecular complexity index is 968. The second kappa shape index (κ2) is 8.09. The van der Waals surface area contributed by atoms with Crippen LogP contribution in [0.3, 0.4) is 0 Å². The molecule has 1 aliphatic rings. The molecule has 0 aliphatic carbocycles. The van der Waals surface area contributed by atoms with E-state index >= 15 is 0 Å². The monoisotopic (exact) mass is 397 g/mol. The number of aliphatic hydroxyl groups excluding tert-OH is 2. The van der Waals surface area contributed by atoms with Crippen molar-refractivity contribution in [1.29, 1.82) is 0 Å². The molecule has 0 bridgehead atoms. The van der Waals surface area contributed by atoms with Crippen molar-refractivity contribution < 1.29 is 14.9 Å². The molecular formula is C22H23NO4S. The summed E-state index contributed by atoms with van der Waals surface area (Å²) in [6.07, 6.45) is -0.929. The lowest BCUT2D eigenvalue weighted by atomic mass is 9.92. The molecule has 4 atom stereocenters. The molecule has 2 N–H and O–H groups in total. The molecule has 1 aromatic heterocycles. The summed E-state index contributed by atoms with van der Waals surface area (Å²) in [7, 11) is 0. The second-order valence-corrected chi connectivity index (χ2v) is 8.33. The maximum Gasteiger partial charge on any atom is 0.146 e. The Kier molecular flexibility index (Phi) is 5.55. The zero-order valence-electron chi connectivity index (χ0n) is 15.6. The zero-order chi connectivity index (χ0) is 19.7. The molecule has 1 fully saturated rings. The van der Waals surface area contributed by atoms with E-state index in [-0.39, 0.29) is 19.1 Å². The minimum Gasteiger partial charge on any atom is -0.394 e. The third-order valence-electron chi connectivity index (χ3n) is 5.44. The van der Waals surface area contributed by atoms with Crippen molar-refractivity contribution in [1.82, 2.24) is 0 Å². The number of aryl methyl sites for hydroxylation is 1. The lowest BCUT2D eigenvalue weighted by Crippen LogP contribution is -2.46. The van der Waals surface area contributed by atoms with E-state index in [9.17, 15) is 15.1 Å². The highest BCUT2D eigenvalue weighted by atomic mass is 32.1. The van der Waals surface area contributed by atoms with Gasteiger partial charge in [-0.25, -0.2) is 0 Å². The van der Waals surface area contributed by atoms with Gasteiger partial charge in [0.2, 0.25) is 0 Å². The van der Waals surface area contributed by atoms with Gasteiger partial charge in [0, 0.05) is 11.1 Å². The molecule has 0 radical (unpaired) electrons. The van der Waals surface area contributed by atoms with Gasteiger partial charge in [0.15, 0.2) is 0 Å². The number of rotatable bonds is 5. The van der Waals surface area contributed by atoms with Crippen LogP contribution in [0.15, 0.2) is 53.0 Å². The molecule has 0 saturated carbocycles. The fraction of sp³-hybridized carbons (Fsp3) is 0.364. The van der Waals surface area contributed by atoms with Crippen molar-refractivity contribution in [2.75, 3.05) is 6.61 Å². The second-order valence-electron chi connectivity index (χ2n) is 7.42. The Morgan fingerprint density at radius 3 is 2.71 bits per heavy atom. The summed E-state index contributed by atoms with van der Waals surface area (Å²) in [5.41, 5.74) is 4.71. The molecule has 6 heteroatoms. The smallest absolute Gasteiger partial charge is 0.146 e. The Morgan fingerprint density at radius 1 is 1.21 bits per heavy atom. The molecular weight excluding hydrogens is 374 g/mol. The predicted octanol–water partition coefficient (Wildman–Crippen LogP) is 4.12. The third kappa shape index (κ3) is 3.73. The number of hydrogen-bond acceptors (Lipinski definition) is 6. The van der Waals surface area contributed by atoms with Crippen LogP contribution in [-0.2, 0) is 11.2 Å². The first-order valence-corrected chi connectivity index (χ1v) is 10.3. The largest absolute Gasteiger partial charge is 0.394 e. The van der Waals surface area contributed by atoms with E-state index in [0.29, 0.717) is 0 Å². The fourth-order valence-electron chi connectivity index (χ4n) is 3.82. The summed E-state index contributed by atoms with van der Waals surface area (Å²) < 4.78 is 7.09. The number of benzene rings is 2. The number of nitroso groups, excluding NO2 is 1. The number of ether oxygens (including phenoxy) is 1. The molecule has 2 heterocycles. The average molecular weight is 397 g/mol. The van der Waals surface area contributed by atoms with Gasteiger partial charge >= 0.3 is 0 Å². The van der Waals surface area contributed by atoms with E-state index in [1.165, 1.54) is 26.8 Å². The molecule has 0 spiro atoms. The molecule has 3 aromatic rings. The molecule has 3 unspecified atom stereocenters. The van der Waals surface area contributed by atoms with Crippen molar-refractivity contribution in [3.05, 3.63) is 75.0 Å². The summed E-state index contributed by atoms with van der Waals surface area (Å²) in [5.74, 6) is 0. The van der Waals surface area contributed by atoms with Crippen molar-refractivity contribution in [3.63, 3.8) is 0 Å². The van der Waals surface area contributed by atoms with E-state index in [0.717, 1.165) is 12.0 Å². The number of hydrogen-bond donors (Lipinski definition) is 2. The fourth-order valence-corrected chi connectivity index (χ4v) is 4.76. The van der Waals surface area contributed by atoms with Crippen LogP contribution in [0.2, 0.25) is 0 Å². The molecule has 28 heavy (non-hydrogen) atoms. The van der Waals surface area contributed by atoms with E-state index in [4.69, 9.17) is 4.74 Å². The summed E-state index contributed by atoms with van der Waals surface area (Å²) >= 11 is 1.71. The lowest BCUT2D eigenvalue weighted by Gasteiger charge is -2.35. The summed E-state index contributed by atoms with van der Waals surface area (Å²) in [5, 5.41) is 26.1. The summed E-state index contributed by atoms with van der Waals surface area (Å²) in [4.78, 5) is 11.0. The molecule has 0 amide bonds. The third-order valence-corrected chi connectivity index (χ3v) is 6.45. The van der Waals surface area contributed by atoms with Gasteiger partial charge in [0.05, 0.1) is 18.8 Å². The van der Waals surface area contributed by atoms with Crippen LogP contribution in [0.1, 0.15) is 34.8 Å². The quantitative estimate of drug-likeness (QED) is 0.635. The van der Waals surface area contributed by atoms with Gasteiger partial charge in [-0.2, -0.15) is 4.91 Å². The first kappa shape index (κ1) is 19.2. The number of nitrogens with zero attached hydrogens (tertiary/aromatic N) is 1. The number of aliphatic hydroxyl groups is 2. The van der Waals surface area contributed by atoms with E-state index in [1.807, 2.05) is 6.07 Å². The van der Waals surface area contributed by atoms with Crippen LogP contribution in [0, 0.1) is 11.8 Å². The van der Waals surface area contributed by atoms with Crippen LogP contribution in [-0.4, -0.2) is 35.1 Å². The minimum absolute atomic E-state index is 0.288. The molecule has 1 saturated heterocycles. The van der Waals surface area contributed by atoms with Crippen molar-refractivity contribution in [2.45, 2.75) is 44.1 Å². The maximum absolute atomic E-state index is 11.0. The molecule has 2 aromatic carbocycles. The SMILES string of the molecule is Cc1ccc(Cc2csc3ccc(C4CC(O)[C@H](N=O)C(CO)O4)cc23)cc1. The average Bonchev–Trinajstić information content (AvgIpc) is 3.11. The van der Waals surface area contributed by atoms with E-state index < -0.39 is 18.2 Å². The topological polar surface area (TPSA) is 79.1 Å². The Hall–Kier alpha value is -2.12. The molecule has 146 valence electrons. The molecule has 4 rings (SSSR count). The van der Waals surface area contributed by atoms with Crippen LogP contribution >= 0.6 is 11.3 Å². The summed E-state index contributed by atoms with van der Waals surface area (Å²) in [6, 6.07) is 13.8. The Labute approximate surface area is 167 Å².